The van der Waals surface area contributed by atoms with Crippen LogP contribution < -0.4 is 5.32 Å². The van der Waals surface area contributed by atoms with Crippen LogP contribution in [-0.4, -0.2) is 13.1 Å². The highest BCUT2D eigenvalue weighted by atomic mass is 19.1. The molecule has 2 atom stereocenters. The van der Waals surface area contributed by atoms with Crippen molar-refractivity contribution < 1.29 is 13.2 Å². The Balaban J connectivity index is 2.29. The molecule has 4 heteroatoms. The Morgan fingerprint density at radius 1 is 1.24 bits per heavy atom. The number of benzene rings is 1. The second-order valence-corrected chi connectivity index (χ2v) is 4.78. The topological polar surface area (TPSA) is 12.0 Å². The van der Waals surface area contributed by atoms with Crippen LogP contribution in [0.3, 0.4) is 0 Å². The van der Waals surface area contributed by atoms with Crippen molar-refractivity contribution in [3.63, 3.8) is 0 Å². The molecule has 1 aliphatic heterocycles. The van der Waals surface area contributed by atoms with Gasteiger partial charge in [0, 0.05) is 18.5 Å². The second-order valence-electron chi connectivity index (χ2n) is 4.78. The number of hydrogen-bond acceptors (Lipinski definition) is 1. The molecule has 17 heavy (non-hydrogen) atoms. The quantitative estimate of drug-likeness (QED) is 0.841. The zero-order valence-corrected chi connectivity index (χ0v) is 9.77. The lowest BCUT2D eigenvalue weighted by atomic mass is 9.80. The number of halogens is 3. The first kappa shape index (κ1) is 12.4. The van der Waals surface area contributed by atoms with Crippen LogP contribution in [0.1, 0.15) is 25.3 Å². The maximum Gasteiger partial charge on any atom is 0.137 e. The van der Waals surface area contributed by atoms with E-state index in [9.17, 15) is 13.2 Å². The molecule has 2 rings (SSSR count). The summed E-state index contributed by atoms with van der Waals surface area (Å²) in [7, 11) is 0. The van der Waals surface area contributed by atoms with Crippen LogP contribution in [0.25, 0.3) is 0 Å². The summed E-state index contributed by atoms with van der Waals surface area (Å²) in [6.07, 6.45) is 1.63. The average molecular weight is 243 g/mol. The van der Waals surface area contributed by atoms with E-state index in [-0.39, 0.29) is 11.5 Å². The summed E-state index contributed by atoms with van der Waals surface area (Å²) >= 11 is 0. The molecule has 1 heterocycles. The summed E-state index contributed by atoms with van der Waals surface area (Å²) in [5.74, 6) is -1.70. The van der Waals surface area contributed by atoms with E-state index >= 15 is 0 Å². The van der Waals surface area contributed by atoms with Crippen molar-refractivity contribution in [3.05, 3.63) is 35.4 Å². The van der Waals surface area contributed by atoms with Crippen molar-refractivity contribution in [1.29, 1.82) is 0 Å². The lowest BCUT2D eigenvalue weighted by Crippen LogP contribution is -2.40. The largest absolute Gasteiger partial charge is 0.316 e. The lowest BCUT2D eigenvalue weighted by Gasteiger charge is -2.34. The van der Waals surface area contributed by atoms with Crippen molar-refractivity contribution in [3.8, 4) is 0 Å². The Kier molecular flexibility index (Phi) is 3.43. The average Bonchev–Trinajstić information content (AvgIpc) is 2.29. The van der Waals surface area contributed by atoms with Crippen LogP contribution in [0.4, 0.5) is 13.2 Å². The lowest BCUT2D eigenvalue weighted by molar-refractivity contribution is 0.0805. The highest BCUT2D eigenvalue weighted by molar-refractivity contribution is 5.25. The summed E-state index contributed by atoms with van der Waals surface area (Å²) in [6, 6.07) is 2.92. The molecule has 94 valence electrons. The van der Waals surface area contributed by atoms with Crippen LogP contribution in [0, 0.1) is 17.6 Å². The van der Waals surface area contributed by atoms with E-state index in [1.54, 1.807) is 0 Å². The first-order chi connectivity index (χ1) is 8.00. The Morgan fingerprint density at radius 2 is 1.88 bits per heavy atom. The first-order valence-electron chi connectivity index (χ1n) is 5.86. The van der Waals surface area contributed by atoms with E-state index in [1.165, 1.54) is 6.92 Å². The summed E-state index contributed by atoms with van der Waals surface area (Å²) in [6.45, 7) is 2.83. The molecule has 0 aromatic heterocycles. The highest BCUT2D eigenvalue weighted by Crippen LogP contribution is 2.37. The van der Waals surface area contributed by atoms with Crippen molar-refractivity contribution in [2.45, 2.75) is 25.4 Å². The van der Waals surface area contributed by atoms with E-state index in [0.29, 0.717) is 6.54 Å². The normalized spacial score (nSPS) is 24.4. The maximum absolute atomic E-state index is 14.7. The second kappa shape index (κ2) is 4.69. The fourth-order valence-electron chi connectivity index (χ4n) is 2.39. The van der Waals surface area contributed by atoms with Gasteiger partial charge in [-0.1, -0.05) is 0 Å². The number of alkyl halides is 1. The fourth-order valence-corrected chi connectivity index (χ4v) is 2.39. The Bertz CT molecular complexity index is 377. The third-order valence-corrected chi connectivity index (χ3v) is 3.49. The van der Waals surface area contributed by atoms with Crippen LogP contribution in [-0.2, 0) is 5.67 Å². The number of hydrogen-bond donors (Lipinski definition) is 1. The molecule has 1 aromatic rings. The van der Waals surface area contributed by atoms with Crippen molar-refractivity contribution >= 4 is 0 Å². The smallest absolute Gasteiger partial charge is 0.137 e. The van der Waals surface area contributed by atoms with E-state index in [4.69, 9.17) is 0 Å². The fraction of sp³-hybridized carbons (Fsp3) is 0.538. The van der Waals surface area contributed by atoms with Gasteiger partial charge in [-0.15, -0.1) is 0 Å². The predicted octanol–water partition coefficient (Wildman–Crippen LogP) is 3.15. The van der Waals surface area contributed by atoms with E-state index in [0.717, 1.165) is 37.6 Å². The standard InChI is InChI=1S/C13H16F3N/c1-13(16,9-3-2-4-17-8-9)10-5-11(14)7-12(15)6-10/h5-7,9,17H,2-4,8H2,1H3. The van der Waals surface area contributed by atoms with Gasteiger partial charge in [0.05, 0.1) is 0 Å². The molecule has 0 spiro atoms. The van der Waals surface area contributed by atoms with Crippen LogP contribution in [0.5, 0.6) is 0 Å². The summed E-state index contributed by atoms with van der Waals surface area (Å²) in [5, 5.41) is 3.11. The van der Waals surface area contributed by atoms with Gasteiger partial charge < -0.3 is 5.32 Å². The molecule has 0 saturated carbocycles. The summed E-state index contributed by atoms with van der Waals surface area (Å²) in [5.41, 5.74) is -1.61. The third-order valence-electron chi connectivity index (χ3n) is 3.49. The van der Waals surface area contributed by atoms with Crippen molar-refractivity contribution in [1.82, 2.24) is 5.32 Å². The molecule has 0 bridgehead atoms. The summed E-state index contributed by atoms with van der Waals surface area (Å²) in [4.78, 5) is 0. The molecule has 1 N–H and O–H groups in total. The summed E-state index contributed by atoms with van der Waals surface area (Å²) < 4.78 is 40.9. The Morgan fingerprint density at radius 3 is 2.41 bits per heavy atom. The van der Waals surface area contributed by atoms with Gasteiger partial charge in [-0.25, -0.2) is 13.2 Å². The molecule has 1 fully saturated rings. The van der Waals surface area contributed by atoms with Gasteiger partial charge >= 0.3 is 0 Å². The molecule has 1 aliphatic rings. The number of piperidine rings is 1. The molecule has 1 nitrogen and oxygen atoms in total. The maximum atomic E-state index is 14.7. The first-order valence-corrected chi connectivity index (χ1v) is 5.86. The van der Waals surface area contributed by atoms with Crippen molar-refractivity contribution in [2.24, 2.45) is 5.92 Å². The molecule has 1 saturated heterocycles. The molecular formula is C13H16F3N. The molecule has 0 radical (unpaired) electrons. The predicted molar refractivity (Wildman–Crippen MR) is 60.4 cm³/mol. The minimum absolute atomic E-state index is 0.0868. The van der Waals surface area contributed by atoms with E-state index in [2.05, 4.69) is 5.32 Å². The van der Waals surface area contributed by atoms with Gasteiger partial charge in [-0.3, -0.25) is 0 Å². The number of rotatable bonds is 2. The zero-order valence-electron chi connectivity index (χ0n) is 9.77. The van der Waals surface area contributed by atoms with Crippen LogP contribution in [0.2, 0.25) is 0 Å². The molecule has 0 aliphatic carbocycles. The molecule has 0 amide bonds. The zero-order chi connectivity index (χ0) is 12.5. The monoisotopic (exact) mass is 243 g/mol. The number of nitrogens with one attached hydrogen (secondary N) is 1. The van der Waals surface area contributed by atoms with E-state index < -0.39 is 17.3 Å². The van der Waals surface area contributed by atoms with Gasteiger partial charge in [-0.2, -0.15) is 0 Å². The van der Waals surface area contributed by atoms with Gasteiger partial charge in [0.15, 0.2) is 0 Å². The SMILES string of the molecule is CC(F)(c1cc(F)cc(F)c1)C1CCCNC1. The van der Waals surface area contributed by atoms with Gasteiger partial charge in [0.2, 0.25) is 0 Å². The third kappa shape index (κ3) is 2.63. The van der Waals surface area contributed by atoms with Gasteiger partial charge in [0.25, 0.3) is 0 Å². The van der Waals surface area contributed by atoms with Crippen molar-refractivity contribution in [2.75, 3.05) is 13.1 Å². The van der Waals surface area contributed by atoms with Crippen LogP contribution in [0.15, 0.2) is 18.2 Å². The molecular weight excluding hydrogens is 227 g/mol. The minimum atomic E-state index is -1.70. The van der Waals surface area contributed by atoms with E-state index in [1.807, 2.05) is 0 Å². The molecule has 1 aromatic carbocycles. The van der Waals surface area contributed by atoms with Gasteiger partial charge in [0.1, 0.15) is 17.3 Å². The molecule has 2 unspecified atom stereocenters. The highest BCUT2D eigenvalue weighted by Gasteiger charge is 2.37. The Labute approximate surface area is 99.0 Å². The minimum Gasteiger partial charge on any atom is -0.316 e. The van der Waals surface area contributed by atoms with Crippen LogP contribution >= 0.6 is 0 Å². The Hall–Kier alpha value is -1.03. The van der Waals surface area contributed by atoms with Gasteiger partial charge in [-0.05, 0) is 44.0 Å².